The zero-order valence-corrected chi connectivity index (χ0v) is 22.8. The third kappa shape index (κ3) is 5.73. The van der Waals surface area contributed by atoms with Gasteiger partial charge in [0.15, 0.2) is 5.11 Å². The molecule has 3 rings (SSSR count). The van der Waals surface area contributed by atoms with E-state index in [1.807, 2.05) is 32.4 Å². The van der Waals surface area contributed by atoms with Crippen molar-refractivity contribution in [2.24, 2.45) is 0 Å². The Bertz CT molecular complexity index is 1280. The van der Waals surface area contributed by atoms with Crippen LogP contribution in [-0.4, -0.2) is 51.9 Å². The van der Waals surface area contributed by atoms with Gasteiger partial charge in [-0.3, -0.25) is 9.48 Å². The number of aromatic nitrogens is 2. The van der Waals surface area contributed by atoms with Gasteiger partial charge in [-0.15, -0.1) is 11.3 Å². The number of rotatable bonds is 8. The van der Waals surface area contributed by atoms with Crippen LogP contribution in [0.3, 0.4) is 0 Å². The van der Waals surface area contributed by atoms with Gasteiger partial charge in [0.2, 0.25) is 0 Å². The molecule has 0 saturated heterocycles. The monoisotopic (exact) mass is 531 g/mol. The van der Waals surface area contributed by atoms with Crippen LogP contribution >= 0.6 is 23.6 Å². The van der Waals surface area contributed by atoms with Gasteiger partial charge in [0.1, 0.15) is 10.8 Å². The summed E-state index contributed by atoms with van der Waals surface area (Å²) in [5.74, 6) is -0.983. The molecule has 0 atom stereocenters. The van der Waals surface area contributed by atoms with Gasteiger partial charge < -0.3 is 20.3 Å². The summed E-state index contributed by atoms with van der Waals surface area (Å²) in [6.07, 6.45) is 0. The lowest BCUT2D eigenvalue weighted by molar-refractivity contribution is 0.0601. The molecule has 8 nitrogen and oxygen atoms in total. The highest BCUT2D eigenvalue weighted by Gasteiger charge is 2.28. The van der Waals surface area contributed by atoms with Gasteiger partial charge in [-0.1, -0.05) is 12.1 Å². The predicted molar refractivity (Wildman–Crippen MR) is 145 cm³/mol. The fourth-order valence-corrected chi connectivity index (χ4v) is 5.29. The lowest BCUT2D eigenvalue weighted by Crippen LogP contribution is -2.30. The Morgan fingerprint density at radius 1 is 1.14 bits per heavy atom. The molecule has 2 aromatic heterocycles. The highest BCUT2D eigenvalue weighted by atomic mass is 32.1. The van der Waals surface area contributed by atoms with Crippen LogP contribution < -0.4 is 10.6 Å². The standard InChI is InChI=1S/C25H30FN5O3S2/c1-7-30(8-2)23(32)21-14(3)19(24(33)34-6)22(36-21)28-25(35)27-20-15(4)29-31(16(20)5)13-17-9-11-18(26)12-10-17/h9-12H,7-8,13H2,1-6H3,(H2,27,28,35). The Hall–Kier alpha value is -3.31. The maximum Gasteiger partial charge on any atom is 0.341 e. The van der Waals surface area contributed by atoms with Crippen molar-refractivity contribution in [1.29, 1.82) is 0 Å². The molecule has 0 fully saturated rings. The molecule has 11 heteroatoms. The summed E-state index contributed by atoms with van der Waals surface area (Å²) in [6.45, 7) is 10.9. The number of methoxy groups -OCH3 is 1. The molecule has 2 N–H and O–H groups in total. The number of thiocarbonyl (C=S) groups is 1. The number of carbonyl (C=O) groups is 2. The zero-order valence-electron chi connectivity index (χ0n) is 21.2. The Balaban J connectivity index is 1.85. The van der Waals surface area contributed by atoms with E-state index < -0.39 is 5.97 Å². The molecule has 0 saturated carbocycles. The van der Waals surface area contributed by atoms with Crippen LogP contribution in [0, 0.1) is 26.6 Å². The smallest absolute Gasteiger partial charge is 0.341 e. The summed E-state index contributed by atoms with van der Waals surface area (Å²) >= 11 is 6.72. The first-order chi connectivity index (χ1) is 17.1. The average Bonchev–Trinajstić information content (AvgIpc) is 3.31. The van der Waals surface area contributed by atoms with Gasteiger partial charge in [-0.25, -0.2) is 9.18 Å². The number of carbonyl (C=O) groups excluding carboxylic acids is 2. The second-order valence-electron chi connectivity index (χ2n) is 8.14. The van der Waals surface area contributed by atoms with E-state index in [1.54, 1.807) is 24.0 Å². The van der Waals surface area contributed by atoms with Gasteiger partial charge in [0.25, 0.3) is 5.91 Å². The third-order valence-corrected chi connectivity index (χ3v) is 7.27. The molecule has 0 spiro atoms. The fraction of sp³-hybridized carbons (Fsp3) is 0.360. The number of hydrogen-bond donors (Lipinski definition) is 2. The highest BCUT2D eigenvalue weighted by molar-refractivity contribution is 7.80. The fourth-order valence-electron chi connectivity index (χ4n) is 3.85. The second kappa shape index (κ2) is 11.6. The van der Waals surface area contributed by atoms with Crippen LogP contribution in [0.5, 0.6) is 0 Å². The largest absolute Gasteiger partial charge is 0.465 e. The van der Waals surface area contributed by atoms with E-state index in [-0.39, 0.29) is 22.4 Å². The topological polar surface area (TPSA) is 88.5 Å². The van der Waals surface area contributed by atoms with Crippen LogP contribution in [-0.2, 0) is 11.3 Å². The van der Waals surface area contributed by atoms with Crippen LogP contribution in [0.1, 0.15) is 56.4 Å². The number of benzene rings is 1. The number of ether oxygens (including phenoxy) is 1. The van der Waals surface area contributed by atoms with Crippen molar-refractivity contribution in [3.05, 3.63) is 63.0 Å². The Kier molecular flexibility index (Phi) is 8.80. The Morgan fingerprint density at radius 2 is 1.78 bits per heavy atom. The zero-order chi connectivity index (χ0) is 26.6. The summed E-state index contributed by atoms with van der Waals surface area (Å²) in [5.41, 5.74) is 4.04. The summed E-state index contributed by atoms with van der Waals surface area (Å²) in [7, 11) is 1.30. The van der Waals surface area contributed by atoms with Gasteiger partial charge in [0, 0.05) is 13.1 Å². The van der Waals surface area contributed by atoms with Crippen molar-refractivity contribution in [2.45, 2.75) is 41.2 Å². The van der Waals surface area contributed by atoms with Crippen molar-refractivity contribution < 1.29 is 18.7 Å². The number of amides is 1. The first kappa shape index (κ1) is 27.3. The van der Waals surface area contributed by atoms with E-state index in [2.05, 4.69) is 15.7 Å². The number of nitrogens with zero attached hydrogens (tertiary/aromatic N) is 3. The first-order valence-corrected chi connectivity index (χ1v) is 12.7. The number of hydrogen-bond acceptors (Lipinski definition) is 6. The molecule has 3 aromatic rings. The van der Waals surface area contributed by atoms with Crippen molar-refractivity contribution in [3.63, 3.8) is 0 Å². The van der Waals surface area contributed by atoms with E-state index in [1.165, 1.54) is 30.6 Å². The van der Waals surface area contributed by atoms with Crippen LogP contribution in [0.25, 0.3) is 0 Å². The van der Waals surface area contributed by atoms with Gasteiger partial charge in [0.05, 0.1) is 41.2 Å². The maximum atomic E-state index is 13.2. The number of aryl methyl sites for hydroxylation is 1. The van der Waals surface area contributed by atoms with Crippen molar-refractivity contribution in [1.82, 2.24) is 14.7 Å². The molecule has 0 bridgehead atoms. The molecule has 1 aromatic carbocycles. The first-order valence-electron chi connectivity index (χ1n) is 11.5. The van der Waals surface area contributed by atoms with Crippen LogP contribution in [0.2, 0.25) is 0 Å². The van der Waals surface area contributed by atoms with Crippen molar-refractivity contribution in [3.8, 4) is 0 Å². The molecule has 0 aliphatic heterocycles. The number of halogens is 1. The number of thiophene rings is 1. The van der Waals surface area contributed by atoms with E-state index in [0.717, 1.165) is 22.6 Å². The second-order valence-corrected chi connectivity index (χ2v) is 9.57. The van der Waals surface area contributed by atoms with Crippen molar-refractivity contribution >= 4 is 51.2 Å². The molecule has 192 valence electrons. The van der Waals surface area contributed by atoms with E-state index in [4.69, 9.17) is 17.0 Å². The number of anilines is 2. The summed E-state index contributed by atoms with van der Waals surface area (Å²) in [4.78, 5) is 27.7. The normalized spacial score (nSPS) is 10.8. The van der Waals surface area contributed by atoms with E-state index in [9.17, 15) is 14.0 Å². The predicted octanol–water partition coefficient (Wildman–Crippen LogP) is 5.13. The van der Waals surface area contributed by atoms with Gasteiger partial charge in [-0.05, 0) is 70.1 Å². The quantitative estimate of drug-likeness (QED) is 0.308. The van der Waals surface area contributed by atoms with Crippen LogP contribution in [0.4, 0.5) is 15.1 Å². The minimum absolute atomic E-state index is 0.145. The number of nitrogens with one attached hydrogen (secondary N) is 2. The molecule has 2 heterocycles. The molecule has 0 aliphatic carbocycles. The lowest BCUT2D eigenvalue weighted by atomic mass is 10.1. The Labute approximate surface area is 219 Å². The van der Waals surface area contributed by atoms with Gasteiger partial charge >= 0.3 is 5.97 Å². The maximum absolute atomic E-state index is 13.2. The summed E-state index contributed by atoms with van der Waals surface area (Å²) in [5, 5.41) is 11.5. The molecule has 36 heavy (non-hydrogen) atoms. The average molecular weight is 532 g/mol. The van der Waals surface area contributed by atoms with E-state index >= 15 is 0 Å². The molecular formula is C25H30FN5O3S2. The molecule has 0 aliphatic rings. The molecular weight excluding hydrogens is 501 g/mol. The molecule has 1 amide bonds. The highest BCUT2D eigenvalue weighted by Crippen LogP contribution is 2.35. The van der Waals surface area contributed by atoms with Crippen molar-refractivity contribution in [2.75, 3.05) is 30.8 Å². The lowest BCUT2D eigenvalue weighted by Gasteiger charge is -2.18. The summed E-state index contributed by atoms with van der Waals surface area (Å²) in [6, 6.07) is 6.27. The third-order valence-electron chi connectivity index (χ3n) is 5.87. The Morgan fingerprint density at radius 3 is 2.36 bits per heavy atom. The molecule has 0 radical (unpaired) electrons. The summed E-state index contributed by atoms with van der Waals surface area (Å²) < 4.78 is 20.0. The van der Waals surface area contributed by atoms with Crippen LogP contribution in [0.15, 0.2) is 24.3 Å². The van der Waals surface area contributed by atoms with E-state index in [0.29, 0.717) is 35.1 Å². The minimum atomic E-state index is -0.549. The molecule has 0 unspecified atom stereocenters. The van der Waals surface area contributed by atoms with Gasteiger partial charge in [-0.2, -0.15) is 5.10 Å². The SMILES string of the molecule is CCN(CC)C(=O)c1sc(NC(=S)Nc2c(C)nn(Cc3ccc(F)cc3)c2C)c(C(=O)OC)c1C. The number of esters is 1. The minimum Gasteiger partial charge on any atom is -0.465 e.